The lowest BCUT2D eigenvalue weighted by molar-refractivity contribution is -0.130. The standard InChI is InChI=1S/C22H35ClN4O5Si2/c1-12(2)33(13(3)4)29-9-16-19(31-34(32-33,14(5)6)15(7)8)18(28)22(30-16)27-11-26-17-20(23)24-10-25-21(17)27/h10-16,19,22H,9H2,1-8H3/t16-,19-,22-/m1/s1. The fourth-order valence-electron chi connectivity index (χ4n) is 5.21. The second-order valence-corrected chi connectivity index (χ2v) is 19.6. The van der Waals surface area contributed by atoms with Gasteiger partial charge in [0.15, 0.2) is 17.0 Å². The van der Waals surface area contributed by atoms with E-state index in [9.17, 15) is 4.79 Å². The molecule has 4 rings (SSSR count). The van der Waals surface area contributed by atoms with E-state index in [2.05, 4.69) is 70.3 Å². The maximum absolute atomic E-state index is 13.7. The van der Waals surface area contributed by atoms with Crippen molar-refractivity contribution in [3.63, 3.8) is 0 Å². The molecule has 2 fully saturated rings. The second-order valence-electron chi connectivity index (χ2n) is 10.4. The maximum Gasteiger partial charge on any atom is 0.335 e. The molecule has 2 aromatic rings. The molecule has 9 nitrogen and oxygen atoms in total. The highest BCUT2D eigenvalue weighted by molar-refractivity contribution is 6.84. The van der Waals surface area contributed by atoms with E-state index in [4.69, 9.17) is 29.3 Å². The van der Waals surface area contributed by atoms with E-state index >= 15 is 0 Å². The summed E-state index contributed by atoms with van der Waals surface area (Å²) in [7, 11) is -5.64. The average molecular weight is 527 g/mol. The van der Waals surface area contributed by atoms with E-state index in [0.717, 1.165) is 0 Å². The predicted octanol–water partition coefficient (Wildman–Crippen LogP) is 4.90. The molecule has 0 aromatic carbocycles. The van der Waals surface area contributed by atoms with Gasteiger partial charge in [-0.3, -0.25) is 9.36 Å². The van der Waals surface area contributed by atoms with Gasteiger partial charge in [0, 0.05) is 0 Å². The van der Waals surface area contributed by atoms with E-state index in [1.54, 1.807) is 4.57 Å². The SMILES string of the molecule is CC(C)[Si]1(C(C)C)OC[C@H]2O[C@@H](n3cnc4c(Cl)ncnc43)C(=O)[C@@H]2O[Si](C(C)C)(C(C)C)O1. The third kappa shape index (κ3) is 3.98. The normalized spacial score (nSPS) is 27.1. The Morgan fingerprint density at radius 2 is 1.59 bits per heavy atom. The van der Waals surface area contributed by atoms with Crippen LogP contribution >= 0.6 is 11.6 Å². The van der Waals surface area contributed by atoms with Gasteiger partial charge in [0.05, 0.1) is 12.9 Å². The Kier molecular flexibility index (Phi) is 7.11. The number of ether oxygens (including phenoxy) is 1. The van der Waals surface area contributed by atoms with Gasteiger partial charge in [0.1, 0.15) is 24.1 Å². The Morgan fingerprint density at radius 1 is 0.971 bits per heavy atom. The Labute approximate surface area is 208 Å². The first kappa shape index (κ1) is 25.9. The molecule has 0 unspecified atom stereocenters. The van der Waals surface area contributed by atoms with Crippen molar-refractivity contribution < 1.29 is 22.5 Å². The average Bonchev–Trinajstić information content (AvgIpc) is 3.29. The first-order valence-electron chi connectivity index (χ1n) is 12.0. The van der Waals surface area contributed by atoms with Gasteiger partial charge in [-0.05, 0) is 22.2 Å². The number of ketones is 1. The molecule has 2 aliphatic rings. The number of carbonyl (C=O) groups is 1. The molecule has 0 aliphatic carbocycles. The minimum atomic E-state index is -2.92. The van der Waals surface area contributed by atoms with Crippen LogP contribution < -0.4 is 0 Å². The fourth-order valence-corrected chi connectivity index (χ4v) is 16.5. The highest BCUT2D eigenvalue weighted by Crippen LogP contribution is 2.47. The van der Waals surface area contributed by atoms with Gasteiger partial charge in [0.2, 0.25) is 5.78 Å². The summed E-state index contributed by atoms with van der Waals surface area (Å²) in [5.74, 6) is -0.187. The van der Waals surface area contributed by atoms with Crippen molar-refractivity contribution in [3.8, 4) is 0 Å². The van der Waals surface area contributed by atoms with Crippen LogP contribution in [0.25, 0.3) is 11.2 Å². The smallest absolute Gasteiger partial charge is 0.335 e. The summed E-state index contributed by atoms with van der Waals surface area (Å²) in [6.07, 6.45) is 0.584. The minimum absolute atomic E-state index is 0.117. The Hall–Kier alpha value is -1.22. The van der Waals surface area contributed by atoms with E-state index in [0.29, 0.717) is 11.2 Å². The zero-order chi connectivity index (χ0) is 25.0. The monoisotopic (exact) mass is 526 g/mol. The highest BCUT2D eigenvalue weighted by Gasteiger charge is 2.61. The number of nitrogens with zero attached hydrogens (tertiary/aromatic N) is 4. The molecular weight excluding hydrogens is 492 g/mol. The lowest BCUT2D eigenvalue weighted by Gasteiger charge is -2.50. The van der Waals surface area contributed by atoms with Crippen molar-refractivity contribution in [1.82, 2.24) is 19.5 Å². The molecule has 0 spiro atoms. The number of Topliss-reactive ketones (excluding diaryl/α,β-unsaturated/α-hetero) is 1. The number of imidazole rings is 1. The van der Waals surface area contributed by atoms with Crippen LogP contribution in [-0.4, -0.2) is 61.2 Å². The number of carbonyl (C=O) groups excluding carboxylic acids is 1. The molecule has 0 amide bonds. The molecule has 0 saturated carbocycles. The quantitative estimate of drug-likeness (QED) is 0.400. The molecule has 188 valence electrons. The molecular formula is C22H35ClN4O5Si2. The van der Waals surface area contributed by atoms with Gasteiger partial charge in [-0.15, -0.1) is 0 Å². The molecule has 3 atom stereocenters. The number of hydrogen-bond donors (Lipinski definition) is 0. The van der Waals surface area contributed by atoms with Crippen LogP contribution in [-0.2, 0) is 22.5 Å². The molecule has 12 heteroatoms. The van der Waals surface area contributed by atoms with Gasteiger partial charge in [-0.25, -0.2) is 15.0 Å². The predicted molar refractivity (Wildman–Crippen MR) is 133 cm³/mol. The van der Waals surface area contributed by atoms with Gasteiger partial charge in [-0.1, -0.05) is 67.0 Å². The van der Waals surface area contributed by atoms with Gasteiger partial charge in [0.25, 0.3) is 0 Å². The first-order valence-corrected chi connectivity index (χ1v) is 16.3. The molecule has 34 heavy (non-hydrogen) atoms. The number of hydrogen-bond acceptors (Lipinski definition) is 8. The molecule has 2 aliphatic heterocycles. The number of aromatic nitrogens is 4. The van der Waals surface area contributed by atoms with Crippen molar-refractivity contribution in [2.24, 2.45) is 0 Å². The summed E-state index contributed by atoms with van der Waals surface area (Å²) >= 11 is 6.17. The van der Waals surface area contributed by atoms with Crippen molar-refractivity contribution in [2.45, 2.75) is 96.0 Å². The van der Waals surface area contributed by atoms with Crippen molar-refractivity contribution >= 4 is 45.7 Å². The number of fused-ring (bicyclic) bond motifs is 2. The maximum atomic E-state index is 13.7. The third-order valence-corrected chi connectivity index (χ3v) is 17.6. The highest BCUT2D eigenvalue weighted by atomic mass is 35.5. The molecule has 0 N–H and O–H groups in total. The van der Waals surface area contributed by atoms with Crippen LogP contribution in [0.2, 0.25) is 27.3 Å². The van der Waals surface area contributed by atoms with Crippen molar-refractivity contribution in [2.75, 3.05) is 6.61 Å². The molecule has 0 radical (unpaired) electrons. The Morgan fingerprint density at radius 3 is 2.18 bits per heavy atom. The summed E-state index contributed by atoms with van der Waals surface area (Å²) < 4.78 is 28.6. The molecule has 4 heterocycles. The topological polar surface area (TPSA) is 97.6 Å². The number of halogens is 1. The second kappa shape index (κ2) is 9.34. The van der Waals surface area contributed by atoms with Crippen molar-refractivity contribution in [1.29, 1.82) is 0 Å². The van der Waals surface area contributed by atoms with Crippen molar-refractivity contribution in [3.05, 3.63) is 17.8 Å². The molecule has 2 aromatic heterocycles. The summed E-state index contributed by atoms with van der Waals surface area (Å²) in [5.41, 5.74) is 1.51. The van der Waals surface area contributed by atoms with Crippen LogP contribution in [0.3, 0.4) is 0 Å². The molecule has 0 bridgehead atoms. The third-order valence-electron chi connectivity index (χ3n) is 7.05. The van der Waals surface area contributed by atoms with Gasteiger partial charge in [-0.2, -0.15) is 0 Å². The zero-order valence-corrected chi connectivity index (χ0v) is 23.9. The summed E-state index contributed by atoms with van der Waals surface area (Å²) in [5, 5.41) is 0.226. The van der Waals surface area contributed by atoms with E-state index < -0.39 is 35.6 Å². The lowest BCUT2D eigenvalue weighted by atomic mass is 10.1. The molecule has 2 saturated heterocycles. The summed E-state index contributed by atoms with van der Waals surface area (Å²) in [6, 6.07) is 0. The van der Waals surface area contributed by atoms with Gasteiger partial charge < -0.3 is 17.7 Å². The van der Waals surface area contributed by atoms with Crippen LogP contribution in [0.1, 0.15) is 61.6 Å². The van der Waals surface area contributed by atoms with Crippen LogP contribution in [0.5, 0.6) is 0 Å². The summed E-state index contributed by atoms with van der Waals surface area (Å²) in [4.78, 5) is 26.3. The zero-order valence-electron chi connectivity index (χ0n) is 21.1. The van der Waals surface area contributed by atoms with E-state index in [1.165, 1.54) is 12.7 Å². The van der Waals surface area contributed by atoms with E-state index in [-0.39, 0.29) is 39.7 Å². The Balaban J connectivity index is 1.78. The lowest BCUT2D eigenvalue weighted by Crippen LogP contribution is -2.65. The number of rotatable bonds is 5. The summed E-state index contributed by atoms with van der Waals surface area (Å²) in [6.45, 7) is 17.4. The van der Waals surface area contributed by atoms with Crippen LogP contribution in [0.15, 0.2) is 12.7 Å². The Bertz CT molecular complexity index is 1050. The van der Waals surface area contributed by atoms with Crippen LogP contribution in [0.4, 0.5) is 0 Å². The van der Waals surface area contributed by atoms with Crippen LogP contribution in [0, 0.1) is 0 Å². The van der Waals surface area contributed by atoms with Gasteiger partial charge >= 0.3 is 17.1 Å². The minimum Gasteiger partial charge on any atom is -0.414 e. The fraction of sp³-hybridized carbons (Fsp3) is 0.727. The van der Waals surface area contributed by atoms with E-state index in [1.807, 2.05) is 0 Å². The largest absolute Gasteiger partial charge is 0.414 e. The first-order chi connectivity index (χ1) is 15.9.